The van der Waals surface area contributed by atoms with Crippen molar-refractivity contribution in [2.24, 2.45) is 0 Å². The van der Waals surface area contributed by atoms with Crippen LogP contribution in [0, 0.1) is 27.7 Å². The maximum atomic E-state index is 12.7. The summed E-state index contributed by atoms with van der Waals surface area (Å²) >= 11 is 0. The average molecular weight is 368 g/mol. The van der Waals surface area contributed by atoms with E-state index in [4.69, 9.17) is 4.74 Å². The predicted octanol–water partition coefficient (Wildman–Crippen LogP) is 5.69. The lowest BCUT2D eigenvalue weighted by atomic mass is 9.96. The summed E-state index contributed by atoms with van der Waals surface area (Å²) in [5.41, 5.74) is 7.10. The molecule has 0 aromatic heterocycles. The van der Waals surface area contributed by atoms with Crippen LogP contribution in [0.5, 0.6) is 5.75 Å². The highest BCUT2D eigenvalue weighted by molar-refractivity contribution is 5.81. The van der Waals surface area contributed by atoms with Crippen LogP contribution < -0.4 is 10.1 Å². The monoisotopic (exact) mass is 367 g/mol. The molecule has 0 bridgehead atoms. The van der Waals surface area contributed by atoms with Gasteiger partial charge < -0.3 is 10.1 Å². The molecule has 0 saturated heterocycles. The molecular formula is C24H33NO2. The normalized spacial score (nSPS) is 13.4. The highest BCUT2D eigenvalue weighted by Crippen LogP contribution is 2.28. The molecule has 0 unspecified atom stereocenters. The third kappa shape index (κ3) is 5.12. The van der Waals surface area contributed by atoms with Gasteiger partial charge in [0, 0.05) is 0 Å². The Morgan fingerprint density at radius 3 is 2.11 bits per heavy atom. The third-order valence-corrected chi connectivity index (χ3v) is 5.17. The molecule has 27 heavy (non-hydrogen) atoms. The van der Waals surface area contributed by atoms with Crippen LogP contribution in [0.25, 0.3) is 0 Å². The summed E-state index contributed by atoms with van der Waals surface area (Å²) in [6.45, 7) is 16.4. The van der Waals surface area contributed by atoms with E-state index in [0.29, 0.717) is 5.92 Å². The zero-order chi connectivity index (χ0) is 20.3. The minimum atomic E-state index is -0.557. The molecule has 0 heterocycles. The van der Waals surface area contributed by atoms with Crippen molar-refractivity contribution in [2.45, 2.75) is 73.5 Å². The second-order valence-corrected chi connectivity index (χ2v) is 7.98. The molecule has 3 heteroatoms. The van der Waals surface area contributed by atoms with E-state index < -0.39 is 6.10 Å². The van der Waals surface area contributed by atoms with E-state index in [1.807, 2.05) is 26.8 Å². The molecule has 0 aliphatic rings. The van der Waals surface area contributed by atoms with Crippen molar-refractivity contribution in [2.75, 3.05) is 0 Å². The molecule has 2 aromatic carbocycles. The second kappa shape index (κ2) is 8.60. The zero-order valence-corrected chi connectivity index (χ0v) is 17.9. The standard InChI is InChI=1S/C24H33NO2/c1-14(2)21-10-9-15(3)11-23(21)27-20(8)24(26)25-19(7)22-13-17(5)16(4)12-18(22)6/h9-14,19-20H,1-8H3,(H,25,26)/t19-,20+/m0/s1. The van der Waals surface area contributed by atoms with E-state index in [2.05, 4.69) is 64.2 Å². The second-order valence-electron chi connectivity index (χ2n) is 7.98. The number of carbonyl (C=O) groups is 1. The Morgan fingerprint density at radius 2 is 1.48 bits per heavy atom. The predicted molar refractivity (Wildman–Crippen MR) is 113 cm³/mol. The number of aryl methyl sites for hydroxylation is 4. The Hall–Kier alpha value is -2.29. The van der Waals surface area contributed by atoms with Gasteiger partial charge in [-0.1, -0.05) is 38.1 Å². The van der Waals surface area contributed by atoms with Gasteiger partial charge in [0.15, 0.2) is 6.10 Å². The topological polar surface area (TPSA) is 38.3 Å². The van der Waals surface area contributed by atoms with Gasteiger partial charge >= 0.3 is 0 Å². The highest BCUT2D eigenvalue weighted by atomic mass is 16.5. The van der Waals surface area contributed by atoms with Crippen LogP contribution in [-0.2, 0) is 4.79 Å². The van der Waals surface area contributed by atoms with Gasteiger partial charge in [-0.2, -0.15) is 0 Å². The van der Waals surface area contributed by atoms with E-state index in [-0.39, 0.29) is 11.9 Å². The molecule has 0 saturated carbocycles. The number of hydrogen-bond acceptors (Lipinski definition) is 2. The number of rotatable bonds is 6. The van der Waals surface area contributed by atoms with Crippen LogP contribution in [0.15, 0.2) is 30.3 Å². The molecule has 0 aliphatic carbocycles. The van der Waals surface area contributed by atoms with E-state index in [0.717, 1.165) is 22.4 Å². The van der Waals surface area contributed by atoms with Crippen LogP contribution in [0.3, 0.4) is 0 Å². The van der Waals surface area contributed by atoms with Gasteiger partial charge in [-0.15, -0.1) is 0 Å². The largest absolute Gasteiger partial charge is 0.481 e. The van der Waals surface area contributed by atoms with Crippen LogP contribution in [0.4, 0.5) is 0 Å². The molecule has 0 aliphatic heterocycles. The van der Waals surface area contributed by atoms with Gasteiger partial charge in [-0.25, -0.2) is 0 Å². The van der Waals surface area contributed by atoms with Crippen LogP contribution in [0.1, 0.15) is 73.0 Å². The number of benzene rings is 2. The highest BCUT2D eigenvalue weighted by Gasteiger charge is 2.20. The Kier molecular flexibility index (Phi) is 6.69. The van der Waals surface area contributed by atoms with Crippen molar-refractivity contribution in [3.8, 4) is 5.75 Å². The minimum Gasteiger partial charge on any atom is -0.481 e. The smallest absolute Gasteiger partial charge is 0.261 e. The number of amides is 1. The van der Waals surface area contributed by atoms with Crippen molar-refractivity contribution in [3.63, 3.8) is 0 Å². The molecule has 2 aromatic rings. The Labute approximate surface area is 164 Å². The fourth-order valence-corrected chi connectivity index (χ4v) is 3.32. The minimum absolute atomic E-state index is 0.0649. The van der Waals surface area contributed by atoms with Crippen molar-refractivity contribution in [1.29, 1.82) is 0 Å². The van der Waals surface area contributed by atoms with E-state index in [1.165, 1.54) is 16.7 Å². The quantitative estimate of drug-likeness (QED) is 0.712. The van der Waals surface area contributed by atoms with E-state index in [9.17, 15) is 4.79 Å². The average Bonchev–Trinajstić information content (AvgIpc) is 2.57. The summed E-state index contributed by atoms with van der Waals surface area (Å²) in [7, 11) is 0. The van der Waals surface area contributed by atoms with Crippen LogP contribution in [0.2, 0.25) is 0 Å². The molecule has 1 amide bonds. The summed E-state index contributed by atoms with van der Waals surface area (Å²) < 4.78 is 6.05. The first-order chi connectivity index (χ1) is 12.6. The first-order valence-corrected chi connectivity index (χ1v) is 9.75. The lowest BCUT2D eigenvalue weighted by molar-refractivity contribution is -0.127. The van der Waals surface area contributed by atoms with Gasteiger partial charge in [-0.3, -0.25) is 4.79 Å². The summed E-state index contributed by atoms with van der Waals surface area (Å²) in [5, 5.41) is 3.10. The first kappa shape index (κ1) is 21.0. The number of carbonyl (C=O) groups excluding carboxylic acids is 1. The van der Waals surface area contributed by atoms with Gasteiger partial charge in [-0.05, 0) is 86.9 Å². The Bertz CT molecular complexity index is 823. The van der Waals surface area contributed by atoms with Gasteiger partial charge in [0.05, 0.1) is 6.04 Å². The van der Waals surface area contributed by atoms with Gasteiger partial charge in [0.2, 0.25) is 0 Å². The lowest BCUT2D eigenvalue weighted by Gasteiger charge is -2.23. The fourth-order valence-electron chi connectivity index (χ4n) is 3.32. The lowest BCUT2D eigenvalue weighted by Crippen LogP contribution is -2.38. The molecule has 146 valence electrons. The Morgan fingerprint density at radius 1 is 0.852 bits per heavy atom. The number of ether oxygens (including phenoxy) is 1. The van der Waals surface area contributed by atoms with Crippen LogP contribution >= 0.6 is 0 Å². The molecule has 2 atom stereocenters. The van der Waals surface area contributed by atoms with Gasteiger partial charge in [0.1, 0.15) is 5.75 Å². The zero-order valence-electron chi connectivity index (χ0n) is 17.9. The molecule has 1 N–H and O–H groups in total. The maximum Gasteiger partial charge on any atom is 0.261 e. The maximum absolute atomic E-state index is 12.7. The number of nitrogens with one attached hydrogen (secondary N) is 1. The summed E-state index contributed by atoms with van der Waals surface area (Å²) in [6, 6.07) is 10.5. The molecule has 0 spiro atoms. The molecule has 0 fully saturated rings. The third-order valence-electron chi connectivity index (χ3n) is 5.17. The molecule has 3 nitrogen and oxygen atoms in total. The molecular weight excluding hydrogens is 334 g/mol. The van der Waals surface area contributed by atoms with Crippen molar-refractivity contribution < 1.29 is 9.53 Å². The van der Waals surface area contributed by atoms with Gasteiger partial charge in [0.25, 0.3) is 5.91 Å². The molecule has 2 rings (SSSR count). The van der Waals surface area contributed by atoms with E-state index in [1.54, 1.807) is 0 Å². The van der Waals surface area contributed by atoms with E-state index >= 15 is 0 Å². The fraction of sp³-hybridized carbons (Fsp3) is 0.458. The first-order valence-electron chi connectivity index (χ1n) is 9.75. The van der Waals surface area contributed by atoms with Crippen molar-refractivity contribution >= 4 is 5.91 Å². The number of hydrogen-bond donors (Lipinski definition) is 1. The Balaban J connectivity index is 2.12. The van der Waals surface area contributed by atoms with Crippen molar-refractivity contribution in [1.82, 2.24) is 5.32 Å². The summed E-state index contributed by atoms with van der Waals surface area (Å²) in [4.78, 5) is 12.7. The van der Waals surface area contributed by atoms with Crippen LogP contribution in [-0.4, -0.2) is 12.0 Å². The van der Waals surface area contributed by atoms with Crippen molar-refractivity contribution in [3.05, 3.63) is 63.7 Å². The summed E-state index contributed by atoms with van der Waals surface area (Å²) in [5.74, 6) is 1.03. The summed E-state index contributed by atoms with van der Waals surface area (Å²) in [6.07, 6.45) is -0.557. The molecule has 0 radical (unpaired) electrons. The SMILES string of the molecule is Cc1ccc(C(C)C)c(O[C@H](C)C(=O)N[C@@H](C)c2cc(C)c(C)cc2C)c1.